The van der Waals surface area contributed by atoms with E-state index in [9.17, 15) is 4.79 Å². The summed E-state index contributed by atoms with van der Waals surface area (Å²) in [4.78, 5) is 11.4. The number of hydrogen-bond acceptors (Lipinski definition) is 1. The van der Waals surface area contributed by atoms with Crippen molar-refractivity contribution in [1.82, 2.24) is 0 Å². The summed E-state index contributed by atoms with van der Waals surface area (Å²) in [5.41, 5.74) is 1.21. The third kappa shape index (κ3) is 4.48. The number of ketones is 1. The Morgan fingerprint density at radius 2 is 2.13 bits per heavy atom. The van der Waals surface area contributed by atoms with Crippen LogP contribution in [-0.2, 0) is 11.2 Å². The van der Waals surface area contributed by atoms with Gasteiger partial charge in [0.2, 0.25) is 0 Å². The molecule has 1 rings (SSSR count). The van der Waals surface area contributed by atoms with Crippen LogP contribution in [0, 0.1) is 5.92 Å². The Bertz CT molecular complexity index is 331. The third-order valence-electron chi connectivity index (χ3n) is 2.42. The minimum atomic E-state index is 0.157. The van der Waals surface area contributed by atoms with Gasteiger partial charge in [0.05, 0.1) is 0 Å². The Labute approximate surface area is 96.5 Å². The predicted octanol–water partition coefficient (Wildman–Crippen LogP) is 3.89. The van der Waals surface area contributed by atoms with Gasteiger partial charge in [-0.05, 0) is 30.5 Å². The number of carbonyl (C=O) groups excluding carboxylic acids is 1. The Hall–Kier alpha value is -0.820. The quantitative estimate of drug-likeness (QED) is 0.742. The zero-order valence-electron chi connectivity index (χ0n) is 9.29. The van der Waals surface area contributed by atoms with Gasteiger partial charge in [-0.1, -0.05) is 37.6 Å². The lowest BCUT2D eigenvalue weighted by Crippen LogP contribution is -2.06. The molecule has 1 aromatic carbocycles. The monoisotopic (exact) mass is 224 g/mol. The molecule has 0 fully saturated rings. The van der Waals surface area contributed by atoms with Crippen LogP contribution in [-0.4, -0.2) is 5.78 Å². The van der Waals surface area contributed by atoms with Crippen LogP contribution < -0.4 is 0 Å². The van der Waals surface area contributed by atoms with Crippen LogP contribution in [0.5, 0.6) is 0 Å². The van der Waals surface area contributed by atoms with E-state index in [2.05, 4.69) is 0 Å². The van der Waals surface area contributed by atoms with Gasteiger partial charge in [0.15, 0.2) is 0 Å². The first-order valence-corrected chi connectivity index (χ1v) is 5.74. The van der Waals surface area contributed by atoms with E-state index in [1.165, 1.54) is 5.56 Å². The lowest BCUT2D eigenvalue weighted by molar-refractivity contribution is -0.121. The van der Waals surface area contributed by atoms with Crippen LogP contribution >= 0.6 is 11.6 Å². The van der Waals surface area contributed by atoms with Crippen molar-refractivity contribution in [3.8, 4) is 0 Å². The lowest BCUT2D eigenvalue weighted by Gasteiger charge is -2.04. The van der Waals surface area contributed by atoms with E-state index in [-0.39, 0.29) is 5.92 Å². The number of Topliss-reactive ketones (excluding diaryl/α,β-unsaturated/α-hetero) is 1. The van der Waals surface area contributed by atoms with Crippen molar-refractivity contribution in [3.05, 3.63) is 34.9 Å². The first kappa shape index (κ1) is 12.3. The van der Waals surface area contributed by atoms with Crippen molar-refractivity contribution in [2.75, 3.05) is 0 Å². The van der Waals surface area contributed by atoms with Crippen molar-refractivity contribution in [3.63, 3.8) is 0 Å². The zero-order valence-corrected chi connectivity index (χ0v) is 10.1. The maximum Gasteiger partial charge on any atom is 0.135 e. The van der Waals surface area contributed by atoms with Gasteiger partial charge < -0.3 is 0 Å². The summed E-state index contributed by atoms with van der Waals surface area (Å²) >= 11 is 5.87. The largest absolute Gasteiger partial charge is 0.299 e. The molecule has 0 saturated carbocycles. The number of carbonyl (C=O) groups is 1. The van der Waals surface area contributed by atoms with Gasteiger partial charge in [0.1, 0.15) is 5.78 Å². The Morgan fingerprint density at radius 3 is 2.73 bits per heavy atom. The molecule has 0 aromatic heterocycles. The molecule has 0 aliphatic heterocycles. The molecule has 0 N–H and O–H groups in total. The minimum absolute atomic E-state index is 0.157. The summed E-state index contributed by atoms with van der Waals surface area (Å²) in [6, 6.07) is 7.82. The molecular weight excluding hydrogens is 208 g/mol. The Morgan fingerprint density at radius 1 is 1.40 bits per heavy atom. The highest BCUT2D eigenvalue weighted by atomic mass is 35.5. The highest BCUT2D eigenvalue weighted by molar-refractivity contribution is 6.30. The Balaban J connectivity index is 2.35. The molecule has 0 spiro atoms. The van der Waals surface area contributed by atoms with Crippen molar-refractivity contribution in [2.45, 2.75) is 33.1 Å². The molecule has 82 valence electrons. The van der Waals surface area contributed by atoms with Gasteiger partial charge in [-0.2, -0.15) is 0 Å². The zero-order chi connectivity index (χ0) is 11.3. The fourth-order valence-electron chi connectivity index (χ4n) is 1.45. The van der Waals surface area contributed by atoms with Gasteiger partial charge in [-0.25, -0.2) is 0 Å². The van der Waals surface area contributed by atoms with Crippen molar-refractivity contribution >= 4 is 17.4 Å². The fourth-order valence-corrected chi connectivity index (χ4v) is 1.66. The number of aryl methyl sites for hydroxylation is 1. The molecule has 0 bridgehead atoms. The molecular formula is C13H17ClO. The molecule has 0 amide bonds. The molecule has 2 heteroatoms. The highest BCUT2D eigenvalue weighted by Crippen LogP contribution is 2.13. The average molecular weight is 225 g/mol. The van der Waals surface area contributed by atoms with Crippen LogP contribution in [0.2, 0.25) is 5.02 Å². The van der Waals surface area contributed by atoms with Gasteiger partial charge in [0.25, 0.3) is 0 Å². The summed E-state index contributed by atoms with van der Waals surface area (Å²) < 4.78 is 0. The van der Waals surface area contributed by atoms with E-state index >= 15 is 0 Å². The second-order valence-electron chi connectivity index (χ2n) is 4.10. The first-order chi connectivity index (χ1) is 7.09. The number of rotatable bonds is 5. The molecule has 15 heavy (non-hydrogen) atoms. The summed E-state index contributed by atoms with van der Waals surface area (Å²) in [7, 11) is 0. The van der Waals surface area contributed by atoms with E-state index in [4.69, 9.17) is 11.6 Å². The number of benzene rings is 1. The summed E-state index contributed by atoms with van der Waals surface area (Å²) in [5, 5.41) is 0.766. The fraction of sp³-hybridized carbons (Fsp3) is 0.462. The molecule has 0 aliphatic rings. The summed E-state index contributed by atoms with van der Waals surface area (Å²) in [5.74, 6) is 0.501. The van der Waals surface area contributed by atoms with Crippen molar-refractivity contribution < 1.29 is 4.79 Å². The van der Waals surface area contributed by atoms with Crippen LogP contribution in [0.25, 0.3) is 0 Å². The molecule has 0 saturated heterocycles. The Kier molecular flexibility index (Phi) is 4.83. The smallest absolute Gasteiger partial charge is 0.135 e. The van der Waals surface area contributed by atoms with Gasteiger partial charge in [0, 0.05) is 17.4 Å². The lowest BCUT2D eigenvalue weighted by atomic mass is 10.0. The first-order valence-electron chi connectivity index (χ1n) is 5.36. The molecule has 0 heterocycles. The molecule has 0 radical (unpaired) electrons. The highest BCUT2D eigenvalue weighted by Gasteiger charge is 2.06. The van der Waals surface area contributed by atoms with E-state index in [0.717, 1.165) is 17.9 Å². The van der Waals surface area contributed by atoms with Crippen molar-refractivity contribution in [2.24, 2.45) is 5.92 Å². The van der Waals surface area contributed by atoms with Crippen LogP contribution in [0.15, 0.2) is 24.3 Å². The summed E-state index contributed by atoms with van der Waals surface area (Å²) in [6.45, 7) is 3.89. The second-order valence-corrected chi connectivity index (χ2v) is 4.54. The van der Waals surface area contributed by atoms with Crippen molar-refractivity contribution in [1.29, 1.82) is 0 Å². The number of hydrogen-bond donors (Lipinski definition) is 0. The normalized spacial score (nSPS) is 10.7. The van der Waals surface area contributed by atoms with E-state index < -0.39 is 0 Å². The van der Waals surface area contributed by atoms with E-state index in [1.54, 1.807) is 0 Å². The van der Waals surface area contributed by atoms with E-state index in [1.807, 2.05) is 38.1 Å². The number of halogens is 1. The van der Waals surface area contributed by atoms with Gasteiger partial charge >= 0.3 is 0 Å². The predicted molar refractivity (Wildman–Crippen MR) is 64.2 cm³/mol. The molecule has 0 unspecified atom stereocenters. The van der Waals surface area contributed by atoms with E-state index in [0.29, 0.717) is 12.2 Å². The molecule has 0 aliphatic carbocycles. The maximum atomic E-state index is 11.4. The maximum absolute atomic E-state index is 11.4. The molecule has 1 nitrogen and oxygen atoms in total. The molecule has 1 aromatic rings. The third-order valence-corrected chi connectivity index (χ3v) is 2.66. The minimum Gasteiger partial charge on any atom is -0.299 e. The van der Waals surface area contributed by atoms with Crippen LogP contribution in [0.3, 0.4) is 0 Å². The van der Waals surface area contributed by atoms with Gasteiger partial charge in [-0.3, -0.25) is 4.79 Å². The summed E-state index contributed by atoms with van der Waals surface area (Å²) in [6.07, 6.45) is 2.51. The van der Waals surface area contributed by atoms with Crippen LogP contribution in [0.1, 0.15) is 32.3 Å². The second kappa shape index (κ2) is 5.92. The molecule has 0 atom stereocenters. The van der Waals surface area contributed by atoms with Gasteiger partial charge in [-0.15, -0.1) is 0 Å². The SMILES string of the molecule is CC(C)C(=O)CCCc1cccc(Cl)c1. The van der Waals surface area contributed by atoms with Crippen LogP contribution in [0.4, 0.5) is 0 Å². The average Bonchev–Trinajstić information content (AvgIpc) is 2.17. The standard InChI is InChI=1S/C13H17ClO/c1-10(2)13(15)8-4-6-11-5-3-7-12(14)9-11/h3,5,7,9-10H,4,6,8H2,1-2H3. The topological polar surface area (TPSA) is 17.1 Å².